The maximum atomic E-state index is 5.63. The van der Waals surface area contributed by atoms with Gasteiger partial charge in [-0.05, 0) is 30.4 Å². The van der Waals surface area contributed by atoms with E-state index in [0.717, 1.165) is 25.1 Å². The molecule has 3 rings (SSSR count). The smallest absolute Gasteiger partial charge is 0.229 e. The van der Waals surface area contributed by atoms with Crippen LogP contribution in [0.2, 0.25) is 0 Å². The first-order chi connectivity index (χ1) is 10.3. The zero-order valence-corrected chi connectivity index (χ0v) is 12.3. The van der Waals surface area contributed by atoms with E-state index < -0.39 is 0 Å². The van der Waals surface area contributed by atoms with Crippen LogP contribution in [0.1, 0.15) is 41.6 Å². The summed E-state index contributed by atoms with van der Waals surface area (Å²) in [7, 11) is 1.65. The molecule has 0 bridgehead atoms. The highest BCUT2D eigenvalue weighted by molar-refractivity contribution is 5.36. The molecule has 5 heteroatoms. The number of aromatic nitrogens is 2. The summed E-state index contributed by atoms with van der Waals surface area (Å²) in [6, 6.07) is 8.53. The average molecular weight is 287 g/mol. The number of fused-ring (bicyclic) bond motifs is 1. The van der Waals surface area contributed by atoms with Gasteiger partial charge >= 0.3 is 0 Å². The van der Waals surface area contributed by atoms with Gasteiger partial charge in [-0.25, -0.2) is 0 Å². The van der Waals surface area contributed by atoms with Crippen molar-refractivity contribution in [2.45, 2.75) is 37.7 Å². The lowest BCUT2D eigenvalue weighted by atomic mass is 9.82. The molecule has 1 aromatic heterocycles. The second kappa shape index (κ2) is 6.37. The molecule has 0 radical (unpaired) electrons. The van der Waals surface area contributed by atoms with Gasteiger partial charge in [-0.2, -0.15) is 4.98 Å². The minimum atomic E-state index is -0.0723. The van der Waals surface area contributed by atoms with E-state index >= 15 is 0 Å². The van der Waals surface area contributed by atoms with E-state index in [1.807, 2.05) is 0 Å². The molecular weight excluding hydrogens is 266 g/mol. The lowest BCUT2D eigenvalue weighted by Gasteiger charge is -2.22. The van der Waals surface area contributed by atoms with Crippen molar-refractivity contribution in [1.82, 2.24) is 10.1 Å². The molecule has 112 valence electrons. The van der Waals surface area contributed by atoms with Crippen LogP contribution in [-0.2, 0) is 17.6 Å². The van der Waals surface area contributed by atoms with Crippen LogP contribution >= 0.6 is 0 Å². The monoisotopic (exact) mass is 287 g/mol. The fraction of sp³-hybridized carbons (Fsp3) is 0.500. The van der Waals surface area contributed by atoms with Crippen LogP contribution in [0.5, 0.6) is 0 Å². The Morgan fingerprint density at radius 1 is 1.43 bits per heavy atom. The van der Waals surface area contributed by atoms with Crippen molar-refractivity contribution >= 4 is 0 Å². The molecule has 1 aliphatic rings. The Hall–Kier alpha value is -1.72. The van der Waals surface area contributed by atoms with E-state index in [2.05, 4.69) is 34.4 Å². The summed E-state index contributed by atoms with van der Waals surface area (Å²) < 4.78 is 10.6. The lowest BCUT2D eigenvalue weighted by Crippen LogP contribution is -2.24. The first-order valence-corrected chi connectivity index (χ1v) is 7.45. The third-order valence-electron chi connectivity index (χ3n) is 4.16. The first-order valence-electron chi connectivity index (χ1n) is 7.45. The number of nitrogens with two attached hydrogens (primary N) is 1. The Morgan fingerprint density at radius 2 is 2.29 bits per heavy atom. The molecule has 0 aliphatic heterocycles. The van der Waals surface area contributed by atoms with Crippen molar-refractivity contribution in [1.29, 1.82) is 0 Å². The lowest BCUT2D eigenvalue weighted by molar-refractivity contribution is 0.102. The number of hydrogen-bond acceptors (Lipinski definition) is 5. The molecule has 1 aromatic carbocycles. The minimum Gasteiger partial charge on any atom is -0.380 e. The molecular formula is C16H21N3O2. The maximum Gasteiger partial charge on any atom is 0.229 e. The molecule has 1 heterocycles. The van der Waals surface area contributed by atoms with Gasteiger partial charge in [0.25, 0.3) is 0 Å². The summed E-state index contributed by atoms with van der Waals surface area (Å²) in [4.78, 5) is 4.56. The topological polar surface area (TPSA) is 74.2 Å². The van der Waals surface area contributed by atoms with Crippen molar-refractivity contribution in [2.75, 3.05) is 13.7 Å². The van der Waals surface area contributed by atoms with Gasteiger partial charge in [-0.3, -0.25) is 0 Å². The van der Waals surface area contributed by atoms with Crippen molar-refractivity contribution in [3.05, 3.63) is 47.1 Å². The Bertz CT molecular complexity index is 593. The summed E-state index contributed by atoms with van der Waals surface area (Å²) in [5, 5.41) is 4.18. The summed E-state index contributed by atoms with van der Waals surface area (Å²) >= 11 is 0. The second-order valence-corrected chi connectivity index (χ2v) is 5.49. The van der Waals surface area contributed by atoms with Crippen molar-refractivity contribution < 1.29 is 9.26 Å². The number of ether oxygens (including phenoxy) is 1. The van der Waals surface area contributed by atoms with E-state index in [0.29, 0.717) is 18.9 Å². The van der Waals surface area contributed by atoms with Crippen molar-refractivity contribution in [3.8, 4) is 0 Å². The maximum absolute atomic E-state index is 5.63. The molecule has 0 saturated heterocycles. The largest absolute Gasteiger partial charge is 0.380 e. The molecule has 0 spiro atoms. The standard InChI is InChI=1S/C16H21N3O2/c1-20-12(10-17)9-15-18-16(19-21-15)14-8-4-6-11-5-2-3-7-13(11)14/h2-3,5,7,12,14H,4,6,8-10,17H2,1H3. The number of methoxy groups -OCH3 is 1. The Labute approximate surface area is 124 Å². The first kappa shape index (κ1) is 14.2. The van der Waals surface area contributed by atoms with Gasteiger partial charge in [0, 0.05) is 19.6 Å². The average Bonchev–Trinajstić information content (AvgIpc) is 3.00. The van der Waals surface area contributed by atoms with Crippen LogP contribution in [0.3, 0.4) is 0 Å². The molecule has 21 heavy (non-hydrogen) atoms. The van der Waals surface area contributed by atoms with Crippen molar-refractivity contribution in [3.63, 3.8) is 0 Å². The van der Waals surface area contributed by atoms with Crippen molar-refractivity contribution in [2.24, 2.45) is 5.73 Å². The van der Waals surface area contributed by atoms with Crippen LogP contribution in [-0.4, -0.2) is 29.9 Å². The third-order valence-corrected chi connectivity index (χ3v) is 4.16. The van der Waals surface area contributed by atoms with Gasteiger partial charge in [-0.1, -0.05) is 29.4 Å². The highest BCUT2D eigenvalue weighted by Crippen LogP contribution is 2.35. The fourth-order valence-electron chi connectivity index (χ4n) is 2.97. The molecule has 2 unspecified atom stereocenters. The zero-order chi connectivity index (χ0) is 14.7. The molecule has 2 aromatic rings. The van der Waals surface area contributed by atoms with Crippen LogP contribution < -0.4 is 5.73 Å². The molecule has 2 atom stereocenters. The van der Waals surface area contributed by atoms with Gasteiger partial charge in [0.2, 0.25) is 5.89 Å². The Balaban J connectivity index is 1.81. The molecule has 1 aliphatic carbocycles. The zero-order valence-electron chi connectivity index (χ0n) is 12.3. The molecule has 2 N–H and O–H groups in total. The second-order valence-electron chi connectivity index (χ2n) is 5.49. The van der Waals surface area contributed by atoms with Gasteiger partial charge < -0.3 is 15.0 Å². The normalized spacial score (nSPS) is 19.2. The SMILES string of the molecule is COC(CN)Cc1nc(C2CCCc3ccccc32)no1. The van der Waals surface area contributed by atoms with E-state index in [4.69, 9.17) is 15.0 Å². The van der Waals surface area contributed by atoms with Crippen LogP contribution in [0.25, 0.3) is 0 Å². The van der Waals surface area contributed by atoms with Crippen LogP contribution in [0.15, 0.2) is 28.8 Å². The van der Waals surface area contributed by atoms with Gasteiger partial charge in [0.05, 0.1) is 12.5 Å². The van der Waals surface area contributed by atoms with Crippen LogP contribution in [0, 0.1) is 0 Å². The third kappa shape index (κ3) is 2.99. The van der Waals surface area contributed by atoms with E-state index in [1.165, 1.54) is 11.1 Å². The van der Waals surface area contributed by atoms with Gasteiger partial charge in [-0.15, -0.1) is 0 Å². The highest BCUT2D eigenvalue weighted by atomic mass is 16.5. The Morgan fingerprint density at radius 3 is 3.10 bits per heavy atom. The summed E-state index contributed by atoms with van der Waals surface area (Å²) in [6.45, 7) is 0.445. The summed E-state index contributed by atoms with van der Waals surface area (Å²) in [5.74, 6) is 1.63. The number of aryl methyl sites for hydroxylation is 1. The number of hydrogen-bond donors (Lipinski definition) is 1. The molecule has 0 saturated carbocycles. The quantitative estimate of drug-likeness (QED) is 0.911. The number of benzene rings is 1. The number of rotatable bonds is 5. The molecule has 0 amide bonds. The molecule has 5 nitrogen and oxygen atoms in total. The molecule has 0 fully saturated rings. The minimum absolute atomic E-state index is 0.0723. The van der Waals surface area contributed by atoms with Gasteiger partial charge in [0.1, 0.15) is 0 Å². The predicted molar refractivity (Wildman–Crippen MR) is 79.1 cm³/mol. The van der Waals surface area contributed by atoms with E-state index in [-0.39, 0.29) is 12.0 Å². The van der Waals surface area contributed by atoms with Crippen LogP contribution in [0.4, 0.5) is 0 Å². The number of nitrogens with zero attached hydrogens (tertiary/aromatic N) is 2. The van der Waals surface area contributed by atoms with Gasteiger partial charge in [0.15, 0.2) is 5.82 Å². The summed E-state index contributed by atoms with van der Waals surface area (Å²) in [6.07, 6.45) is 3.86. The Kier molecular flexibility index (Phi) is 4.31. The van der Waals surface area contributed by atoms with E-state index in [9.17, 15) is 0 Å². The van der Waals surface area contributed by atoms with E-state index in [1.54, 1.807) is 7.11 Å². The highest BCUT2D eigenvalue weighted by Gasteiger charge is 2.26. The fourth-order valence-corrected chi connectivity index (χ4v) is 2.97. The summed E-state index contributed by atoms with van der Waals surface area (Å²) in [5.41, 5.74) is 8.36. The predicted octanol–water partition coefficient (Wildman–Crippen LogP) is 2.05.